The Morgan fingerprint density at radius 2 is 2.00 bits per heavy atom. The second-order valence-electron chi connectivity index (χ2n) is 5.45. The van der Waals surface area contributed by atoms with Crippen molar-refractivity contribution in [1.29, 1.82) is 0 Å². The molecule has 0 aliphatic carbocycles. The van der Waals surface area contributed by atoms with E-state index in [9.17, 15) is 14.7 Å². The Hall–Kier alpha value is -2.08. The minimum absolute atomic E-state index is 0.107. The Labute approximate surface area is 129 Å². The van der Waals surface area contributed by atoms with Crippen LogP contribution in [-0.4, -0.2) is 55.3 Å². The molecule has 0 spiro atoms. The molecule has 6 heteroatoms. The molecule has 1 aromatic rings. The number of rotatable bonds is 6. The van der Waals surface area contributed by atoms with Crippen LogP contribution in [0.1, 0.15) is 23.7 Å². The van der Waals surface area contributed by atoms with E-state index in [0.717, 1.165) is 0 Å². The summed E-state index contributed by atoms with van der Waals surface area (Å²) in [4.78, 5) is 25.6. The van der Waals surface area contributed by atoms with Crippen molar-refractivity contribution in [2.45, 2.75) is 13.3 Å². The third-order valence-corrected chi connectivity index (χ3v) is 3.93. The van der Waals surface area contributed by atoms with Crippen molar-refractivity contribution in [1.82, 2.24) is 4.90 Å². The highest BCUT2D eigenvalue weighted by atomic mass is 16.5. The molecule has 1 N–H and O–H groups in total. The van der Waals surface area contributed by atoms with E-state index in [2.05, 4.69) is 0 Å². The summed E-state index contributed by atoms with van der Waals surface area (Å²) in [7, 11) is 1.47. The fraction of sp³-hybridized carbons (Fsp3) is 0.500. The molecular weight excluding hydrogens is 286 g/mol. The SMILES string of the molecule is CCOc1ccc(C(=O)N2CCC(COC)(C(=O)O)C2)cc1. The maximum atomic E-state index is 12.5. The van der Waals surface area contributed by atoms with E-state index in [-0.39, 0.29) is 19.1 Å². The molecule has 1 heterocycles. The number of aliphatic carboxylic acids is 1. The van der Waals surface area contributed by atoms with Crippen LogP contribution in [0.25, 0.3) is 0 Å². The summed E-state index contributed by atoms with van der Waals surface area (Å²) in [5.41, 5.74) is -0.475. The first-order valence-electron chi connectivity index (χ1n) is 7.27. The number of carboxylic acids is 1. The highest BCUT2D eigenvalue weighted by Gasteiger charge is 2.46. The fourth-order valence-electron chi connectivity index (χ4n) is 2.72. The molecule has 22 heavy (non-hydrogen) atoms. The van der Waals surface area contributed by atoms with Gasteiger partial charge in [-0.3, -0.25) is 9.59 Å². The zero-order chi connectivity index (χ0) is 16.2. The molecule has 0 saturated carbocycles. The first kappa shape index (κ1) is 16.3. The van der Waals surface area contributed by atoms with Gasteiger partial charge in [0.15, 0.2) is 0 Å². The number of hydrogen-bond donors (Lipinski definition) is 1. The number of hydrogen-bond acceptors (Lipinski definition) is 4. The number of likely N-dealkylation sites (tertiary alicyclic amines) is 1. The van der Waals surface area contributed by atoms with Crippen molar-refractivity contribution in [2.75, 3.05) is 33.4 Å². The molecule has 6 nitrogen and oxygen atoms in total. The van der Waals surface area contributed by atoms with Crippen LogP contribution in [0, 0.1) is 5.41 Å². The molecule has 1 aliphatic rings. The third kappa shape index (κ3) is 3.22. The number of carboxylic acid groups (broad SMARTS) is 1. The van der Waals surface area contributed by atoms with E-state index < -0.39 is 11.4 Å². The summed E-state index contributed by atoms with van der Waals surface area (Å²) in [5, 5.41) is 9.43. The number of carbonyl (C=O) groups excluding carboxylic acids is 1. The maximum Gasteiger partial charge on any atom is 0.313 e. The number of methoxy groups -OCH3 is 1. The Morgan fingerprint density at radius 1 is 1.32 bits per heavy atom. The zero-order valence-corrected chi connectivity index (χ0v) is 12.9. The topological polar surface area (TPSA) is 76.1 Å². The van der Waals surface area contributed by atoms with E-state index in [4.69, 9.17) is 9.47 Å². The van der Waals surface area contributed by atoms with E-state index in [0.29, 0.717) is 30.9 Å². The van der Waals surface area contributed by atoms with Crippen LogP contribution in [0.15, 0.2) is 24.3 Å². The number of nitrogens with zero attached hydrogens (tertiary/aromatic N) is 1. The van der Waals surface area contributed by atoms with Gasteiger partial charge in [-0.05, 0) is 37.6 Å². The molecular formula is C16H21NO5. The molecule has 0 aromatic heterocycles. The largest absolute Gasteiger partial charge is 0.494 e. The Kier molecular flexibility index (Phi) is 5.03. The van der Waals surface area contributed by atoms with Gasteiger partial charge in [-0.1, -0.05) is 0 Å². The van der Waals surface area contributed by atoms with Crippen LogP contribution in [0.5, 0.6) is 5.75 Å². The molecule has 1 aromatic carbocycles. The van der Waals surface area contributed by atoms with Crippen LogP contribution >= 0.6 is 0 Å². The molecule has 0 bridgehead atoms. The number of amides is 1. The average molecular weight is 307 g/mol. The van der Waals surface area contributed by atoms with E-state index in [1.165, 1.54) is 7.11 Å². The smallest absolute Gasteiger partial charge is 0.313 e. The second-order valence-corrected chi connectivity index (χ2v) is 5.45. The van der Waals surface area contributed by atoms with E-state index in [1.54, 1.807) is 29.2 Å². The van der Waals surface area contributed by atoms with Gasteiger partial charge in [-0.15, -0.1) is 0 Å². The van der Waals surface area contributed by atoms with Crippen molar-refractivity contribution in [3.05, 3.63) is 29.8 Å². The Morgan fingerprint density at radius 3 is 2.55 bits per heavy atom. The number of benzene rings is 1. The quantitative estimate of drug-likeness (QED) is 0.865. The second kappa shape index (κ2) is 6.79. The van der Waals surface area contributed by atoms with Gasteiger partial charge in [0.05, 0.1) is 13.2 Å². The summed E-state index contributed by atoms with van der Waals surface area (Å²) >= 11 is 0. The number of carbonyl (C=O) groups is 2. The minimum atomic E-state index is -1.00. The third-order valence-electron chi connectivity index (χ3n) is 3.93. The summed E-state index contributed by atoms with van der Waals surface area (Å²) < 4.78 is 10.4. The van der Waals surface area contributed by atoms with Crippen LogP contribution in [0.3, 0.4) is 0 Å². The van der Waals surface area contributed by atoms with Gasteiger partial charge in [0.1, 0.15) is 11.2 Å². The van der Waals surface area contributed by atoms with Crippen LogP contribution in [0.2, 0.25) is 0 Å². The first-order valence-corrected chi connectivity index (χ1v) is 7.27. The monoisotopic (exact) mass is 307 g/mol. The van der Waals surface area contributed by atoms with Crippen molar-refractivity contribution in [2.24, 2.45) is 5.41 Å². The van der Waals surface area contributed by atoms with Crippen LogP contribution in [0.4, 0.5) is 0 Å². The lowest BCUT2D eigenvalue weighted by atomic mass is 9.88. The van der Waals surface area contributed by atoms with Gasteiger partial charge in [-0.2, -0.15) is 0 Å². The standard InChI is InChI=1S/C16H21NO5/c1-3-22-13-6-4-12(5-7-13)14(18)17-9-8-16(10-17,11-21-2)15(19)20/h4-7H,3,8-11H2,1-2H3,(H,19,20). The van der Waals surface area contributed by atoms with Crippen molar-refractivity contribution >= 4 is 11.9 Å². The Balaban J connectivity index is 2.09. The molecule has 1 aliphatic heterocycles. The minimum Gasteiger partial charge on any atom is -0.494 e. The lowest BCUT2D eigenvalue weighted by Gasteiger charge is -2.23. The van der Waals surface area contributed by atoms with Crippen molar-refractivity contribution in [3.8, 4) is 5.75 Å². The highest BCUT2D eigenvalue weighted by molar-refractivity contribution is 5.95. The van der Waals surface area contributed by atoms with Crippen LogP contribution in [-0.2, 0) is 9.53 Å². The average Bonchev–Trinajstić information content (AvgIpc) is 2.94. The summed E-state index contributed by atoms with van der Waals surface area (Å²) in [6.45, 7) is 3.15. The van der Waals surface area contributed by atoms with Gasteiger partial charge in [0.25, 0.3) is 5.91 Å². The van der Waals surface area contributed by atoms with Gasteiger partial charge < -0.3 is 19.5 Å². The lowest BCUT2D eigenvalue weighted by Crippen LogP contribution is -2.40. The van der Waals surface area contributed by atoms with Gasteiger partial charge >= 0.3 is 5.97 Å². The predicted molar refractivity (Wildman–Crippen MR) is 80.1 cm³/mol. The summed E-state index contributed by atoms with van der Waals surface area (Å²) in [6, 6.07) is 6.88. The van der Waals surface area contributed by atoms with Gasteiger partial charge in [0.2, 0.25) is 0 Å². The van der Waals surface area contributed by atoms with E-state index in [1.807, 2.05) is 6.92 Å². The molecule has 0 radical (unpaired) electrons. The molecule has 1 atom stereocenters. The highest BCUT2D eigenvalue weighted by Crippen LogP contribution is 2.32. The van der Waals surface area contributed by atoms with Gasteiger partial charge in [0, 0.05) is 25.8 Å². The van der Waals surface area contributed by atoms with Crippen molar-refractivity contribution < 1.29 is 24.2 Å². The molecule has 1 fully saturated rings. The zero-order valence-electron chi connectivity index (χ0n) is 12.9. The summed E-state index contributed by atoms with van der Waals surface area (Å²) in [5.74, 6) is -0.377. The van der Waals surface area contributed by atoms with Crippen LogP contribution < -0.4 is 4.74 Å². The molecule has 120 valence electrons. The molecule has 1 unspecified atom stereocenters. The van der Waals surface area contributed by atoms with Gasteiger partial charge in [-0.25, -0.2) is 0 Å². The fourth-order valence-corrected chi connectivity index (χ4v) is 2.72. The summed E-state index contributed by atoms with van der Waals surface area (Å²) in [6.07, 6.45) is 0.402. The number of ether oxygens (including phenoxy) is 2. The first-order chi connectivity index (χ1) is 10.5. The molecule has 1 saturated heterocycles. The lowest BCUT2D eigenvalue weighted by molar-refractivity contribution is -0.151. The maximum absolute atomic E-state index is 12.5. The Bertz CT molecular complexity index is 542. The van der Waals surface area contributed by atoms with Crippen molar-refractivity contribution in [3.63, 3.8) is 0 Å². The predicted octanol–water partition coefficient (Wildman–Crippen LogP) is 1.65. The molecule has 2 rings (SSSR count). The van der Waals surface area contributed by atoms with E-state index >= 15 is 0 Å². The molecule has 1 amide bonds. The normalized spacial score (nSPS) is 20.9.